The van der Waals surface area contributed by atoms with Crippen molar-refractivity contribution in [1.82, 2.24) is 4.90 Å². The Balaban J connectivity index is 2.02. The normalized spacial score (nSPS) is 17.3. The highest BCUT2D eigenvalue weighted by molar-refractivity contribution is 6.30. The number of nitrogens with zero attached hydrogens (tertiary/aromatic N) is 1. The molecule has 1 unspecified atom stereocenters. The fourth-order valence-electron chi connectivity index (χ4n) is 3.38. The minimum atomic E-state index is -0.434. The smallest absolute Gasteiger partial charge is 0.336 e. The first-order valence-corrected chi connectivity index (χ1v) is 9.25. The molecule has 2 aromatic carbocycles. The summed E-state index contributed by atoms with van der Waals surface area (Å²) < 4.78 is 5.01. The van der Waals surface area contributed by atoms with Crippen LogP contribution in [0.5, 0.6) is 0 Å². The van der Waals surface area contributed by atoms with Crippen molar-refractivity contribution in [3.8, 4) is 0 Å². The van der Waals surface area contributed by atoms with Crippen molar-refractivity contribution in [2.24, 2.45) is 0 Å². The maximum absolute atomic E-state index is 12.9. The van der Waals surface area contributed by atoms with E-state index in [1.807, 2.05) is 30.3 Å². The van der Waals surface area contributed by atoms with E-state index in [1.54, 1.807) is 30.0 Å². The van der Waals surface area contributed by atoms with Gasteiger partial charge in [-0.25, -0.2) is 4.79 Å². The Labute approximate surface area is 168 Å². The summed E-state index contributed by atoms with van der Waals surface area (Å²) in [5.74, 6) is -0.853. The van der Waals surface area contributed by atoms with E-state index in [2.05, 4.69) is 0 Å². The molecule has 1 aliphatic heterocycles. The number of halogens is 2. The van der Waals surface area contributed by atoms with Gasteiger partial charge in [-0.1, -0.05) is 47.5 Å². The molecule has 0 bridgehead atoms. The SMILES string of the molecule is COC(=O)C1=C(C)N(Cc2cccc(Cl)c2)C(=O)CC1c1ccc(Cl)cc1. The number of carbonyl (C=O) groups is 2. The molecule has 0 aliphatic carbocycles. The molecule has 1 amide bonds. The molecule has 4 nitrogen and oxygen atoms in total. The Morgan fingerprint density at radius 2 is 1.85 bits per heavy atom. The quantitative estimate of drug-likeness (QED) is 0.677. The van der Waals surface area contributed by atoms with Crippen LogP contribution in [0.15, 0.2) is 59.8 Å². The average Bonchev–Trinajstić information content (AvgIpc) is 2.65. The van der Waals surface area contributed by atoms with Gasteiger partial charge >= 0.3 is 5.97 Å². The van der Waals surface area contributed by atoms with Gasteiger partial charge in [0, 0.05) is 28.1 Å². The molecule has 27 heavy (non-hydrogen) atoms. The second kappa shape index (κ2) is 8.15. The molecule has 0 saturated heterocycles. The molecule has 3 rings (SSSR count). The summed E-state index contributed by atoms with van der Waals surface area (Å²) in [5.41, 5.74) is 2.83. The van der Waals surface area contributed by atoms with Crippen LogP contribution in [-0.4, -0.2) is 23.9 Å². The molecule has 1 heterocycles. The van der Waals surface area contributed by atoms with Crippen LogP contribution in [0.1, 0.15) is 30.4 Å². The van der Waals surface area contributed by atoms with Crippen LogP contribution in [0.4, 0.5) is 0 Å². The van der Waals surface area contributed by atoms with E-state index in [0.29, 0.717) is 27.9 Å². The number of benzene rings is 2. The fourth-order valence-corrected chi connectivity index (χ4v) is 3.71. The first-order chi connectivity index (χ1) is 12.9. The van der Waals surface area contributed by atoms with E-state index in [9.17, 15) is 9.59 Å². The molecule has 0 fully saturated rings. The van der Waals surface area contributed by atoms with Crippen molar-refractivity contribution >= 4 is 35.1 Å². The van der Waals surface area contributed by atoms with Crippen molar-refractivity contribution in [1.29, 1.82) is 0 Å². The lowest BCUT2D eigenvalue weighted by atomic mass is 9.83. The van der Waals surface area contributed by atoms with Gasteiger partial charge in [0.15, 0.2) is 0 Å². The Kier molecular flexibility index (Phi) is 5.88. The van der Waals surface area contributed by atoms with Crippen molar-refractivity contribution < 1.29 is 14.3 Å². The molecule has 6 heteroatoms. The summed E-state index contributed by atoms with van der Waals surface area (Å²) in [6.45, 7) is 2.12. The van der Waals surface area contributed by atoms with E-state index in [-0.39, 0.29) is 18.2 Å². The summed E-state index contributed by atoms with van der Waals surface area (Å²) in [5, 5.41) is 1.20. The van der Waals surface area contributed by atoms with Crippen molar-refractivity contribution in [3.63, 3.8) is 0 Å². The van der Waals surface area contributed by atoms with Crippen LogP contribution in [-0.2, 0) is 20.9 Å². The zero-order chi connectivity index (χ0) is 19.6. The van der Waals surface area contributed by atoms with Gasteiger partial charge in [0.05, 0.1) is 19.2 Å². The Hall–Kier alpha value is -2.30. The first-order valence-electron chi connectivity index (χ1n) is 8.50. The van der Waals surface area contributed by atoms with Crippen LogP contribution in [0, 0.1) is 0 Å². The molecule has 1 aliphatic rings. The van der Waals surface area contributed by atoms with E-state index in [4.69, 9.17) is 27.9 Å². The minimum absolute atomic E-state index is 0.0555. The highest BCUT2D eigenvalue weighted by atomic mass is 35.5. The highest BCUT2D eigenvalue weighted by Crippen LogP contribution is 2.38. The minimum Gasteiger partial charge on any atom is -0.466 e. The van der Waals surface area contributed by atoms with Crippen LogP contribution >= 0.6 is 23.2 Å². The molecule has 0 spiro atoms. The summed E-state index contributed by atoms with van der Waals surface area (Å²) in [6.07, 6.45) is 0.184. The number of esters is 1. The van der Waals surface area contributed by atoms with E-state index in [0.717, 1.165) is 11.1 Å². The topological polar surface area (TPSA) is 46.6 Å². The second-order valence-corrected chi connectivity index (χ2v) is 7.28. The van der Waals surface area contributed by atoms with Crippen molar-refractivity contribution in [3.05, 3.63) is 81.0 Å². The Morgan fingerprint density at radius 1 is 1.15 bits per heavy atom. The van der Waals surface area contributed by atoms with Crippen LogP contribution < -0.4 is 0 Å². The van der Waals surface area contributed by atoms with Gasteiger partial charge in [-0.3, -0.25) is 4.79 Å². The van der Waals surface area contributed by atoms with Crippen molar-refractivity contribution in [2.45, 2.75) is 25.8 Å². The van der Waals surface area contributed by atoms with E-state index >= 15 is 0 Å². The summed E-state index contributed by atoms with van der Waals surface area (Å²) in [7, 11) is 1.35. The van der Waals surface area contributed by atoms with Gasteiger partial charge in [0.2, 0.25) is 5.91 Å². The predicted octanol–water partition coefficient (Wildman–Crippen LogP) is 4.96. The number of rotatable bonds is 4. The lowest BCUT2D eigenvalue weighted by Gasteiger charge is -2.34. The van der Waals surface area contributed by atoms with Crippen LogP contribution in [0.2, 0.25) is 10.0 Å². The third-order valence-electron chi connectivity index (χ3n) is 4.73. The number of carbonyl (C=O) groups excluding carboxylic acids is 2. The third kappa shape index (κ3) is 4.18. The Bertz CT molecular complexity index is 906. The number of hydrogen-bond acceptors (Lipinski definition) is 3. The molecule has 1 atom stereocenters. The van der Waals surface area contributed by atoms with Crippen LogP contribution in [0.25, 0.3) is 0 Å². The number of amides is 1. The van der Waals surface area contributed by atoms with Gasteiger partial charge in [-0.2, -0.15) is 0 Å². The molecule has 0 N–H and O–H groups in total. The molecule has 0 radical (unpaired) electrons. The second-order valence-electron chi connectivity index (χ2n) is 6.41. The molecular weight excluding hydrogens is 385 g/mol. The van der Waals surface area contributed by atoms with Gasteiger partial charge < -0.3 is 9.64 Å². The van der Waals surface area contributed by atoms with Gasteiger partial charge in [-0.05, 0) is 42.3 Å². The van der Waals surface area contributed by atoms with Gasteiger partial charge in [0.1, 0.15) is 0 Å². The predicted molar refractivity (Wildman–Crippen MR) is 106 cm³/mol. The molecule has 0 saturated carbocycles. The summed E-state index contributed by atoms with van der Waals surface area (Å²) in [6, 6.07) is 14.5. The standard InChI is InChI=1S/C21H19Cl2NO3/c1-13-20(21(26)27-2)18(15-6-8-16(22)9-7-15)11-19(25)24(13)12-14-4-3-5-17(23)10-14/h3-10,18H,11-12H2,1-2H3. The summed E-state index contributed by atoms with van der Waals surface area (Å²) in [4.78, 5) is 27.0. The first kappa shape index (κ1) is 19.5. The Morgan fingerprint density at radius 3 is 2.48 bits per heavy atom. The zero-order valence-electron chi connectivity index (χ0n) is 15.0. The summed E-state index contributed by atoms with van der Waals surface area (Å²) >= 11 is 12.0. The van der Waals surface area contributed by atoms with E-state index < -0.39 is 5.97 Å². The number of allylic oxidation sites excluding steroid dienone is 1. The number of hydrogen-bond donors (Lipinski definition) is 0. The fraction of sp³-hybridized carbons (Fsp3) is 0.238. The van der Waals surface area contributed by atoms with Gasteiger partial charge in [0.25, 0.3) is 0 Å². The third-order valence-corrected chi connectivity index (χ3v) is 5.22. The average molecular weight is 404 g/mol. The monoisotopic (exact) mass is 403 g/mol. The number of methoxy groups -OCH3 is 1. The lowest BCUT2D eigenvalue weighted by molar-refractivity contribution is -0.138. The number of ether oxygens (including phenoxy) is 1. The maximum atomic E-state index is 12.9. The molecule has 0 aromatic heterocycles. The van der Waals surface area contributed by atoms with Crippen molar-refractivity contribution in [2.75, 3.05) is 7.11 Å². The van der Waals surface area contributed by atoms with Crippen LogP contribution in [0.3, 0.4) is 0 Å². The van der Waals surface area contributed by atoms with E-state index in [1.165, 1.54) is 7.11 Å². The largest absolute Gasteiger partial charge is 0.466 e. The molecular formula is C21H19Cl2NO3. The lowest BCUT2D eigenvalue weighted by Crippen LogP contribution is -2.37. The zero-order valence-corrected chi connectivity index (χ0v) is 16.6. The molecule has 140 valence electrons. The maximum Gasteiger partial charge on any atom is 0.336 e. The molecule has 2 aromatic rings. The highest BCUT2D eigenvalue weighted by Gasteiger charge is 2.36. The van der Waals surface area contributed by atoms with Gasteiger partial charge in [-0.15, -0.1) is 0 Å².